The SMILES string of the molecule is Cc1cccc(CCCNc2c(F)c(N)c3c(=O)c(C(=O)O)cn4c3c2OCC42CCCC2)c1. The van der Waals surface area contributed by atoms with Crippen LogP contribution in [0.15, 0.2) is 35.3 Å². The minimum absolute atomic E-state index is 0.122. The van der Waals surface area contributed by atoms with Crippen molar-refractivity contribution in [2.24, 2.45) is 0 Å². The maximum atomic E-state index is 15.5. The molecule has 1 saturated carbocycles. The summed E-state index contributed by atoms with van der Waals surface area (Å²) in [4.78, 5) is 24.9. The van der Waals surface area contributed by atoms with Gasteiger partial charge in [-0.05, 0) is 38.2 Å². The molecular weight excluding hydrogens is 437 g/mol. The molecule has 1 aliphatic carbocycles. The number of carbonyl (C=O) groups is 1. The molecular formula is C26H28FN3O4. The number of anilines is 2. The van der Waals surface area contributed by atoms with Crippen LogP contribution in [-0.2, 0) is 12.0 Å². The predicted octanol–water partition coefficient (Wildman–Crippen LogP) is 4.44. The van der Waals surface area contributed by atoms with Crippen molar-refractivity contribution in [3.05, 3.63) is 63.2 Å². The van der Waals surface area contributed by atoms with E-state index < -0.39 is 28.3 Å². The highest BCUT2D eigenvalue weighted by molar-refractivity contribution is 6.03. The van der Waals surface area contributed by atoms with Gasteiger partial charge in [0.15, 0.2) is 11.6 Å². The first kappa shape index (κ1) is 22.3. The Balaban J connectivity index is 1.57. The van der Waals surface area contributed by atoms with Crippen LogP contribution in [0.4, 0.5) is 15.8 Å². The van der Waals surface area contributed by atoms with Crippen LogP contribution in [0.3, 0.4) is 0 Å². The van der Waals surface area contributed by atoms with Crippen molar-refractivity contribution in [1.82, 2.24) is 4.57 Å². The zero-order valence-electron chi connectivity index (χ0n) is 19.1. The summed E-state index contributed by atoms with van der Waals surface area (Å²) in [6.45, 7) is 2.82. The highest BCUT2D eigenvalue weighted by atomic mass is 19.1. The number of pyridine rings is 1. The molecule has 0 bridgehead atoms. The first-order chi connectivity index (χ1) is 16.3. The number of aromatic nitrogens is 1. The van der Waals surface area contributed by atoms with Crippen LogP contribution in [0.2, 0.25) is 0 Å². The normalized spacial score (nSPS) is 16.1. The fourth-order valence-electron chi connectivity index (χ4n) is 5.44. The smallest absolute Gasteiger partial charge is 0.341 e. The summed E-state index contributed by atoms with van der Waals surface area (Å²) in [7, 11) is 0. The summed E-state index contributed by atoms with van der Waals surface area (Å²) in [5.74, 6) is -1.91. The van der Waals surface area contributed by atoms with Gasteiger partial charge < -0.3 is 25.5 Å². The van der Waals surface area contributed by atoms with Crippen molar-refractivity contribution >= 4 is 28.2 Å². The van der Waals surface area contributed by atoms with Crippen LogP contribution in [0.25, 0.3) is 10.9 Å². The monoisotopic (exact) mass is 465 g/mol. The van der Waals surface area contributed by atoms with Crippen LogP contribution in [0.5, 0.6) is 5.75 Å². The number of carboxylic acid groups (broad SMARTS) is 1. The number of halogens is 1. The second-order valence-corrected chi connectivity index (χ2v) is 9.44. The van der Waals surface area contributed by atoms with Gasteiger partial charge in [0.25, 0.3) is 0 Å². The maximum Gasteiger partial charge on any atom is 0.341 e. The number of hydrogen-bond acceptors (Lipinski definition) is 5. The van der Waals surface area contributed by atoms with Crippen molar-refractivity contribution in [3.8, 4) is 5.75 Å². The van der Waals surface area contributed by atoms with E-state index in [1.165, 1.54) is 17.3 Å². The van der Waals surface area contributed by atoms with E-state index in [2.05, 4.69) is 17.4 Å². The summed E-state index contributed by atoms with van der Waals surface area (Å²) in [6, 6.07) is 8.25. The van der Waals surface area contributed by atoms with Crippen LogP contribution in [0.1, 0.15) is 53.6 Å². The second kappa shape index (κ2) is 8.34. The molecule has 34 heavy (non-hydrogen) atoms. The van der Waals surface area contributed by atoms with Crippen LogP contribution in [-0.4, -0.2) is 28.8 Å². The summed E-state index contributed by atoms with van der Waals surface area (Å²) >= 11 is 0. The number of aromatic carboxylic acids is 1. The fraction of sp³-hybridized carbons (Fsp3) is 0.385. The van der Waals surface area contributed by atoms with Crippen LogP contribution >= 0.6 is 0 Å². The molecule has 3 aromatic rings. The summed E-state index contributed by atoms with van der Waals surface area (Å²) in [5, 5.41) is 12.7. The molecule has 0 saturated heterocycles. The van der Waals surface area contributed by atoms with Gasteiger partial charge in [-0.1, -0.05) is 42.7 Å². The number of nitrogens with zero attached hydrogens (tertiary/aromatic N) is 1. The molecule has 178 valence electrons. The number of hydrogen-bond donors (Lipinski definition) is 3. The molecule has 1 fully saturated rings. The molecule has 4 N–H and O–H groups in total. The molecule has 7 nitrogen and oxygen atoms in total. The molecule has 1 aromatic heterocycles. The Hall–Kier alpha value is -3.55. The number of nitrogens with two attached hydrogens (primary N) is 1. The Morgan fingerprint density at radius 1 is 1.32 bits per heavy atom. The quantitative estimate of drug-likeness (QED) is 0.367. The Labute approximate surface area is 196 Å². The van der Waals surface area contributed by atoms with Crippen molar-refractivity contribution in [3.63, 3.8) is 0 Å². The number of carboxylic acids is 1. The number of nitrogen functional groups attached to an aromatic ring is 1. The number of ether oxygens (including phenoxy) is 1. The molecule has 2 aliphatic rings. The van der Waals surface area contributed by atoms with Gasteiger partial charge >= 0.3 is 5.97 Å². The van der Waals surface area contributed by atoms with Crippen molar-refractivity contribution in [2.45, 2.75) is 51.0 Å². The Morgan fingerprint density at radius 3 is 2.79 bits per heavy atom. The number of nitrogens with one attached hydrogen (secondary N) is 1. The van der Waals surface area contributed by atoms with E-state index in [9.17, 15) is 14.7 Å². The van der Waals surface area contributed by atoms with Crippen molar-refractivity contribution in [1.29, 1.82) is 0 Å². The van der Waals surface area contributed by atoms with Gasteiger partial charge in [0.2, 0.25) is 5.43 Å². The molecule has 0 atom stereocenters. The highest BCUT2D eigenvalue weighted by Crippen LogP contribution is 2.48. The minimum Gasteiger partial charge on any atom is -0.487 e. The maximum absolute atomic E-state index is 15.5. The van der Waals surface area contributed by atoms with Gasteiger partial charge in [0.05, 0.1) is 22.1 Å². The standard InChI is InChI=1S/C26H28FN3O4/c1-15-6-4-7-16(12-15)8-5-11-29-21-19(27)20(28)18-22-24(21)34-14-26(9-2-3-10-26)30(22)13-17(23(18)31)25(32)33/h4,6-7,12-13,29H,2-3,5,8-11,14,28H2,1H3,(H,32,33). The highest BCUT2D eigenvalue weighted by Gasteiger charge is 2.43. The lowest BCUT2D eigenvalue weighted by atomic mass is 9.93. The lowest BCUT2D eigenvalue weighted by Gasteiger charge is -2.39. The third-order valence-electron chi connectivity index (χ3n) is 7.16. The average molecular weight is 466 g/mol. The van der Waals surface area contributed by atoms with E-state index in [4.69, 9.17) is 10.5 Å². The lowest BCUT2D eigenvalue weighted by Crippen LogP contribution is -2.42. The van der Waals surface area contributed by atoms with Crippen molar-refractivity contribution < 1.29 is 19.0 Å². The van der Waals surface area contributed by atoms with Crippen LogP contribution in [0, 0.1) is 12.7 Å². The second-order valence-electron chi connectivity index (χ2n) is 9.44. The molecule has 5 rings (SSSR count). The minimum atomic E-state index is -1.35. The van der Waals surface area contributed by atoms with Gasteiger partial charge in [-0.25, -0.2) is 9.18 Å². The van der Waals surface area contributed by atoms with E-state index in [0.29, 0.717) is 18.7 Å². The number of benzene rings is 2. The van der Waals surface area contributed by atoms with E-state index in [0.717, 1.165) is 38.5 Å². The zero-order valence-corrected chi connectivity index (χ0v) is 19.1. The number of aryl methyl sites for hydroxylation is 2. The Bertz CT molecular complexity index is 1360. The number of rotatable bonds is 6. The van der Waals surface area contributed by atoms with E-state index >= 15 is 4.39 Å². The third-order valence-corrected chi connectivity index (χ3v) is 7.16. The summed E-state index contributed by atoms with van der Waals surface area (Å²) < 4.78 is 23.4. The molecule has 0 radical (unpaired) electrons. The zero-order chi connectivity index (χ0) is 24.0. The molecule has 2 heterocycles. The Morgan fingerprint density at radius 2 is 2.09 bits per heavy atom. The molecule has 0 unspecified atom stereocenters. The average Bonchev–Trinajstić information content (AvgIpc) is 3.27. The molecule has 2 aromatic carbocycles. The van der Waals surface area contributed by atoms with Gasteiger partial charge in [-0.2, -0.15) is 0 Å². The topological polar surface area (TPSA) is 107 Å². The molecule has 8 heteroatoms. The fourth-order valence-corrected chi connectivity index (χ4v) is 5.44. The predicted molar refractivity (Wildman–Crippen MR) is 129 cm³/mol. The van der Waals surface area contributed by atoms with Crippen molar-refractivity contribution in [2.75, 3.05) is 24.2 Å². The van der Waals surface area contributed by atoms with Gasteiger partial charge in [0.1, 0.15) is 17.9 Å². The van der Waals surface area contributed by atoms with Gasteiger partial charge in [-0.3, -0.25) is 4.79 Å². The van der Waals surface area contributed by atoms with Gasteiger partial charge in [0, 0.05) is 12.7 Å². The molecule has 1 spiro atoms. The Kier molecular flexibility index (Phi) is 5.46. The lowest BCUT2D eigenvalue weighted by molar-refractivity contribution is 0.0692. The molecule has 0 amide bonds. The first-order valence-corrected chi connectivity index (χ1v) is 11.7. The largest absolute Gasteiger partial charge is 0.487 e. The van der Waals surface area contributed by atoms with E-state index in [1.54, 1.807) is 0 Å². The van der Waals surface area contributed by atoms with Gasteiger partial charge in [-0.15, -0.1) is 0 Å². The molecule has 1 aliphatic heterocycles. The third kappa shape index (κ3) is 3.48. The van der Waals surface area contributed by atoms with E-state index in [1.807, 2.05) is 23.6 Å². The summed E-state index contributed by atoms with van der Waals surface area (Å²) in [5.41, 5.74) is 7.02. The van der Waals surface area contributed by atoms with Crippen LogP contribution < -0.4 is 21.2 Å². The van der Waals surface area contributed by atoms with E-state index in [-0.39, 0.29) is 22.5 Å². The first-order valence-electron chi connectivity index (χ1n) is 11.7. The summed E-state index contributed by atoms with van der Waals surface area (Å²) in [6.07, 6.45) is 6.49. The number of fused-ring (bicyclic) bond motifs is 1.